The summed E-state index contributed by atoms with van der Waals surface area (Å²) in [5.41, 5.74) is 2.24. The predicted octanol–water partition coefficient (Wildman–Crippen LogP) is 1.12. The van der Waals surface area contributed by atoms with E-state index in [4.69, 9.17) is 11.6 Å². The molecular formula is C13H12ClNO3S. The third-order valence-corrected chi connectivity index (χ3v) is 3.95. The molecule has 0 fully saturated rings. The fourth-order valence-electron chi connectivity index (χ4n) is 1.91. The molecule has 2 rings (SSSR count). The van der Waals surface area contributed by atoms with Crippen LogP contribution in [0.5, 0.6) is 0 Å². The number of hydrogen-bond donors (Lipinski definition) is 1. The van der Waals surface area contributed by atoms with Crippen LogP contribution < -0.4 is 5.06 Å². The summed E-state index contributed by atoms with van der Waals surface area (Å²) in [7, 11) is -2.53. The van der Waals surface area contributed by atoms with Gasteiger partial charge in [0.1, 0.15) is 6.20 Å². The molecule has 19 heavy (non-hydrogen) atoms. The summed E-state index contributed by atoms with van der Waals surface area (Å²) in [6.07, 6.45) is 3.32. The highest BCUT2D eigenvalue weighted by atomic mass is 35.5. The molecule has 6 heteroatoms. The molecule has 0 bridgehead atoms. The van der Waals surface area contributed by atoms with E-state index >= 15 is 0 Å². The number of hydroxylamine groups is 2. The number of halogens is 1. The minimum absolute atomic E-state index is 0.144. The van der Waals surface area contributed by atoms with E-state index in [1.165, 1.54) is 6.20 Å². The summed E-state index contributed by atoms with van der Waals surface area (Å²) in [6, 6.07) is 7.11. The number of benzene rings is 1. The SMILES string of the molecule is CC1=C(Cc2ccc(Cl)cc2)C(=S(=O)=O)[NH+]([O-])C=C1. The molecule has 1 aliphatic rings. The Balaban J connectivity index is 2.44. The van der Waals surface area contributed by atoms with Gasteiger partial charge in [-0.1, -0.05) is 23.7 Å². The molecule has 1 heterocycles. The van der Waals surface area contributed by atoms with Crippen LogP contribution in [0.4, 0.5) is 0 Å². The van der Waals surface area contributed by atoms with E-state index in [-0.39, 0.29) is 4.99 Å². The second-order valence-electron chi connectivity index (χ2n) is 4.23. The Morgan fingerprint density at radius 3 is 2.47 bits per heavy atom. The summed E-state index contributed by atoms with van der Waals surface area (Å²) in [4.78, 5) is -0.144. The summed E-state index contributed by atoms with van der Waals surface area (Å²) in [5.74, 6) is 0. The van der Waals surface area contributed by atoms with Gasteiger partial charge in [0.25, 0.3) is 15.3 Å². The van der Waals surface area contributed by atoms with Crippen molar-refractivity contribution >= 4 is 26.9 Å². The number of hydrogen-bond acceptors (Lipinski definition) is 3. The zero-order valence-electron chi connectivity index (χ0n) is 10.2. The summed E-state index contributed by atoms with van der Waals surface area (Å²) in [6.45, 7) is 1.79. The minimum atomic E-state index is -2.53. The molecule has 1 aromatic rings. The molecule has 0 aliphatic carbocycles. The number of allylic oxidation sites excluding steroid dienone is 2. The van der Waals surface area contributed by atoms with Crippen molar-refractivity contribution in [3.63, 3.8) is 0 Å². The Kier molecular flexibility index (Phi) is 4.21. The highest BCUT2D eigenvalue weighted by Crippen LogP contribution is 2.17. The maximum absolute atomic E-state index is 11.7. The van der Waals surface area contributed by atoms with Gasteiger partial charge in [-0.2, -0.15) is 8.42 Å². The Morgan fingerprint density at radius 1 is 1.26 bits per heavy atom. The first kappa shape index (κ1) is 14.0. The number of nitrogens with one attached hydrogen (secondary N) is 1. The van der Waals surface area contributed by atoms with Crippen molar-refractivity contribution in [2.24, 2.45) is 0 Å². The van der Waals surface area contributed by atoms with Gasteiger partial charge in [0, 0.05) is 17.0 Å². The van der Waals surface area contributed by atoms with Crippen molar-refractivity contribution in [1.82, 2.24) is 0 Å². The van der Waals surface area contributed by atoms with Gasteiger partial charge in [0.2, 0.25) is 0 Å². The molecule has 0 radical (unpaired) electrons. The zero-order valence-corrected chi connectivity index (χ0v) is 11.8. The minimum Gasteiger partial charge on any atom is -0.623 e. The van der Waals surface area contributed by atoms with Crippen molar-refractivity contribution in [2.45, 2.75) is 13.3 Å². The van der Waals surface area contributed by atoms with Gasteiger partial charge in [-0.25, -0.2) is 0 Å². The first-order valence-corrected chi connectivity index (χ1v) is 7.07. The first-order valence-electron chi connectivity index (χ1n) is 5.62. The third kappa shape index (κ3) is 3.13. The predicted molar refractivity (Wildman–Crippen MR) is 75.3 cm³/mol. The van der Waals surface area contributed by atoms with E-state index in [0.717, 1.165) is 11.1 Å². The highest BCUT2D eigenvalue weighted by molar-refractivity contribution is 7.72. The van der Waals surface area contributed by atoms with Crippen LogP contribution in [0, 0.1) is 5.21 Å². The summed E-state index contributed by atoms with van der Waals surface area (Å²) in [5, 5.41) is 11.8. The van der Waals surface area contributed by atoms with Gasteiger partial charge in [-0.05, 0) is 36.3 Å². The average Bonchev–Trinajstić information content (AvgIpc) is 2.36. The van der Waals surface area contributed by atoms with Crippen LogP contribution in [0.1, 0.15) is 12.5 Å². The maximum Gasteiger partial charge on any atom is 0.277 e. The molecule has 0 saturated heterocycles. The molecule has 1 aliphatic heterocycles. The van der Waals surface area contributed by atoms with Crippen LogP contribution >= 0.6 is 11.6 Å². The van der Waals surface area contributed by atoms with Crippen molar-refractivity contribution in [3.05, 3.63) is 63.5 Å². The Morgan fingerprint density at radius 2 is 1.89 bits per heavy atom. The lowest BCUT2D eigenvalue weighted by Crippen LogP contribution is -3.06. The van der Waals surface area contributed by atoms with Gasteiger partial charge < -0.3 is 10.3 Å². The highest BCUT2D eigenvalue weighted by Gasteiger charge is 2.22. The van der Waals surface area contributed by atoms with Crippen molar-refractivity contribution < 1.29 is 13.5 Å². The van der Waals surface area contributed by atoms with Crippen LogP contribution in [0.25, 0.3) is 0 Å². The monoisotopic (exact) mass is 297 g/mol. The van der Waals surface area contributed by atoms with Crippen molar-refractivity contribution in [2.75, 3.05) is 0 Å². The lowest BCUT2D eigenvalue weighted by molar-refractivity contribution is -0.680. The second kappa shape index (κ2) is 5.71. The molecule has 0 amide bonds. The first-order chi connectivity index (χ1) is 8.99. The Bertz CT molecular complexity index is 679. The van der Waals surface area contributed by atoms with E-state index in [1.54, 1.807) is 25.1 Å². The third-order valence-electron chi connectivity index (χ3n) is 2.92. The number of rotatable bonds is 2. The lowest BCUT2D eigenvalue weighted by atomic mass is 9.99. The summed E-state index contributed by atoms with van der Waals surface area (Å²) >= 11 is 5.80. The molecule has 0 saturated carbocycles. The van der Waals surface area contributed by atoms with Crippen LogP contribution in [-0.2, 0) is 16.7 Å². The van der Waals surface area contributed by atoms with Crippen LogP contribution in [0.15, 0.2) is 47.7 Å². The molecule has 0 aromatic heterocycles. The Hall–Kier alpha value is -1.40. The lowest BCUT2D eigenvalue weighted by Gasteiger charge is -2.23. The van der Waals surface area contributed by atoms with E-state index < -0.39 is 15.4 Å². The molecule has 100 valence electrons. The normalized spacial score (nSPS) is 18.9. The second-order valence-corrected chi connectivity index (χ2v) is 5.54. The average molecular weight is 298 g/mol. The standard InChI is InChI=1S/C13H12ClNO3S/c1-9-6-7-15(16)13(19(17)18)12(9)8-10-2-4-11(14)5-3-10/h2-7,15H,8H2,1H3. The number of quaternary nitrogens is 1. The topological polar surface area (TPSA) is 61.6 Å². The van der Waals surface area contributed by atoms with Gasteiger partial charge in [0.05, 0.1) is 0 Å². The van der Waals surface area contributed by atoms with Crippen molar-refractivity contribution in [3.8, 4) is 0 Å². The zero-order chi connectivity index (χ0) is 14.0. The van der Waals surface area contributed by atoms with E-state index in [2.05, 4.69) is 0 Å². The van der Waals surface area contributed by atoms with Crippen LogP contribution in [0.2, 0.25) is 5.02 Å². The van der Waals surface area contributed by atoms with E-state index in [9.17, 15) is 13.6 Å². The van der Waals surface area contributed by atoms with Crippen LogP contribution in [-0.4, -0.2) is 13.4 Å². The molecule has 1 atom stereocenters. The largest absolute Gasteiger partial charge is 0.623 e. The molecule has 1 N–H and O–H groups in total. The molecule has 1 aromatic carbocycles. The van der Waals surface area contributed by atoms with Gasteiger partial charge in [-0.15, -0.1) is 0 Å². The summed E-state index contributed by atoms with van der Waals surface area (Å²) < 4.78 is 22.4. The Labute approximate surface area is 117 Å². The molecule has 1 unspecified atom stereocenters. The van der Waals surface area contributed by atoms with Crippen LogP contribution in [0.3, 0.4) is 0 Å². The van der Waals surface area contributed by atoms with E-state index in [1.807, 2.05) is 12.1 Å². The quantitative estimate of drug-likeness (QED) is 0.657. The molecule has 0 spiro atoms. The van der Waals surface area contributed by atoms with Gasteiger partial charge in [-0.3, -0.25) is 0 Å². The van der Waals surface area contributed by atoms with E-state index in [0.29, 0.717) is 17.0 Å². The van der Waals surface area contributed by atoms with Gasteiger partial charge in [0.15, 0.2) is 0 Å². The van der Waals surface area contributed by atoms with Gasteiger partial charge >= 0.3 is 0 Å². The smallest absolute Gasteiger partial charge is 0.277 e. The maximum atomic E-state index is 11.7. The molecule has 4 nitrogen and oxygen atoms in total. The van der Waals surface area contributed by atoms with Crippen molar-refractivity contribution in [1.29, 1.82) is 0 Å². The molecular weight excluding hydrogens is 286 g/mol. The fraction of sp³-hybridized carbons (Fsp3) is 0.154. The fourth-order valence-corrected chi connectivity index (χ4v) is 2.71.